The highest BCUT2D eigenvalue weighted by Crippen LogP contribution is 2.34. The molecule has 2 aliphatic heterocycles. The molecule has 7 nitrogen and oxygen atoms in total. The fraction of sp³-hybridized carbons (Fsp3) is 0.455. The maximum Gasteiger partial charge on any atom is 0.225 e. The molecule has 1 aromatic carbocycles. The summed E-state index contributed by atoms with van der Waals surface area (Å²) in [6, 6.07) is 8.43. The van der Waals surface area contributed by atoms with Gasteiger partial charge in [0.2, 0.25) is 5.95 Å². The Morgan fingerprint density at radius 2 is 1.80 bits per heavy atom. The third-order valence-corrected chi connectivity index (χ3v) is 6.42. The van der Waals surface area contributed by atoms with Gasteiger partial charge in [-0.1, -0.05) is 11.6 Å². The molecule has 2 aliphatic rings. The number of rotatable bonds is 3. The van der Waals surface area contributed by atoms with Crippen molar-refractivity contribution in [1.82, 2.24) is 29.6 Å². The van der Waals surface area contributed by atoms with Crippen molar-refractivity contribution in [2.24, 2.45) is 0 Å². The van der Waals surface area contributed by atoms with E-state index in [0.29, 0.717) is 12.0 Å². The first kappa shape index (κ1) is 19.5. The predicted molar refractivity (Wildman–Crippen MR) is 117 cm³/mol. The standard InChI is InChI=1S/C22H26ClN7/c1-15(2)29-13-17-12-18(23)4-5-19(17)30-20(14-29)26-27-21(30)16-6-10-28(11-7-16)22-24-8-3-9-25-22/h3-5,8-9,12,15-16H,6-7,10-11,13-14H2,1-2H3. The number of fused-ring (bicyclic) bond motifs is 3. The Kier molecular flexibility index (Phi) is 5.16. The molecule has 1 fully saturated rings. The predicted octanol–water partition coefficient (Wildman–Crippen LogP) is 3.82. The first-order chi connectivity index (χ1) is 14.6. The molecular formula is C22H26ClN7. The molecule has 4 heterocycles. The molecule has 0 saturated carbocycles. The van der Waals surface area contributed by atoms with E-state index >= 15 is 0 Å². The van der Waals surface area contributed by atoms with Crippen LogP contribution in [-0.4, -0.2) is 48.8 Å². The van der Waals surface area contributed by atoms with Crippen LogP contribution in [0.25, 0.3) is 5.69 Å². The molecule has 1 saturated heterocycles. The fourth-order valence-corrected chi connectivity index (χ4v) is 4.67. The summed E-state index contributed by atoms with van der Waals surface area (Å²) >= 11 is 6.34. The molecule has 30 heavy (non-hydrogen) atoms. The van der Waals surface area contributed by atoms with Crippen LogP contribution in [0.1, 0.15) is 49.8 Å². The van der Waals surface area contributed by atoms with E-state index in [1.54, 1.807) is 12.4 Å². The monoisotopic (exact) mass is 423 g/mol. The molecule has 0 spiro atoms. The molecule has 8 heteroatoms. The van der Waals surface area contributed by atoms with Crippen molar-refractivity contribution in [3.8, 4) is 5.69 Å². The third-order valence-electron chi connectivity index (χ3n) is 6.18. The molecule has 0 bridgehead atoms. The minimum absolute atomic E-state index is 0.361. The van der Waals surface area contributed by atoms with E-state index in [1.807, 2.05) is 12.1 Å². The van der Waals surface area contributed by atoms with Crippen LogP contribution in [0.2, 0.25) is 5.02 Å². The molecule has 3 aromatic rings. The molecular weight excluding hydrogens is 398 g/mol. The average molecular weight is 424 g/mol. The van der Waals surface area contributed by atoms with Gasteiger partial charge in [0.15, 0.2) is 5.82 Å². The molecule has 156 valence electrons. The summed E-state index contributed by atoms with van der Waals surface area (Å²) in [7, 11) is 0. The van der Waals surface area contributed by atoms with Gasteiger partial charge >= 0.3 is 0 Å². The number of benzene rings is 1. The smallest absolute Gasteiger partial charge is 0.225 e. The van der Waals surface area contributed by atoms with Gasteiger partial charge in [0.1, 0.15) is 5.82 Å². The van der Waals surface area contributed by atoms with Gasteiger partial charge in [-0.05, 0) is 56.5 Å². The van der Waals surface area contributed by atoms with Crippen molar-refractivity contribution in [2.45, 2.75) is 51.7 Å². The number of anilines is 1. The van der Waals surface area contributed by atoms with Gasteiger partial charge in [0.05, 0.1) is 12.2 Å². The van der Waals surface area contributed by atoms with Gasteiger partial charge in [0, 0.05) is 49.0 Å². The lowest BCUT2D eigenvalue weighted by atomic mass is 9.95. The number of aromatic nitrogens is 5. The lowest BCUT2D eigenvalue weighted by molar-refractivity contribution is 0.201. The van der Waals surface area contributed by atoms with E-state index in [4.69, 9.17) is 11.6 Å². The molecule has 5 rings (SSSR count). The van der Waals surface area contributed by atoms with Crippen LogP contribution in [0, 0.1) is 0 Å². The number of halogens is 1. The van der Waals surface area contributed by atoms with Crippen LogP contribution >= 0.6 is 11.6 Å². The van der Waals surface area contributed by atoms with Crippen LogP contribution in [0.5, 0.6) is 0 Å². The van der Waals surface area contributed by atoms with Gasteiger partial charge in [-0.25, -0.2) is 9.97 Å². The van der Waals surface area contributed by atoms with Crippen molar-refractivity contribution in [2.75, 3.05) is 18.0 Å². The summed E-state index contributed by atoms with van der Waals surface area (Å²) in [4.78, 5) is 13.5. The van der Waals surface area contributed by atoms with Gasteiger partial charge < -0.3 is 4.90 Å². The second-order valence-electron chi connectivity index (χ2n) is 8.39. The Balaban J connectivity index is 1.46. The van der Waals surface area contributed by atoms with Crippen molar-refractivity contribution in [3.63, 3.8) is 0 Å². The van der Waals surface area contributed by atoms with Gasteiger partial charge in [-0.3, -0.25) is 9.47 Å². The Bertz CT molecular complexity index is 1030. The van der Waals surface area contributed by atoms with Crippen LogP contribution in [0.15, 0.2) is 36.7 Å². The van der Waals surface area contributed by atoms with Crippen LogP contribution in [0.4, 0.5) is 5.95 Å². The second-order valence-corrected chi connectivity index (χ2v) is 8.83. The summed E-state index contributed by atoms with van der Waals surface area (Å²) in [5.41, 5.74) is 2.39. The minimum Gasteiger partial charge on any atom is -0.341 e. The van der Waals surface area contributed by atoms with Crippen molar-refractivity contribution >= 4 is 17.5 Å². The Morgan fingerprint density at radius 3 is 2.53 bits per heavy atom. The maximum atomic E-state index is 6.34. The summed E-state index contributed by atoms with van der Waals surface area (Å²) in [5.74, 6) is 3.24. The molecule has 0 unspecified atom stereocenters. The van der Waals surface area contributed by atoms with Crippen molar-refractivity contribution in [3.05, 3.63) is 58.9 Å². The average Bonchev–Trinajstić information content (AvgIpc) is 3.10. The van der Waals surface area contributed by atoms with Gasteiger partial charge in [-0.2, -0.15) is 0 Å². The van der Waals surface area contributed by atoms with Gasteiger partial charge in [-0.15, -0.1) is 10.2 Å². The zero-order chi connectivity index (χ0) is 20.7. The highest BCUT2D eigenvalue weighted by molar-refractivity contribution is 6.30. The fourth-order valence-electron chi connectivity index (χ4n) is 4.47. The molecule has 0 N–H and O–H groups in total. The zero-order valence-corrected chi connectivity index (χ0v) is 18.1. The van der Waals surface area contributed by atoms with E-state index in [0.717, 1.165) is 67.3 Å². The lowest BCUT2D eigenvalue weighted by Crippen LogP contribution is -2.34. The highest BCUT2D eigenvalue weighted by Gasteiger charge is 2.31. The topological polar surface area (TPSA) is 63.0 Å². The minimum atomic E-state index is 0.361. The Hall–Kier alpha value is -2.51. The quantitative estimate of drug-likeness (QED) is 0.638. The second kappa shape index (κ2) is 7.96. The molecule has 0 amide bonds. The Morgan fingerprint density at radius 1 is 1.03 bits per heavy atom. The van der Waals surface area contributed by atoms with E-state index in [1.165, 1.54) is 5.56 Å². The summed E-state index contributed by atoms with van der Waals surface area (Å²) in [5, 5.41) is 10.1. The number of nitrogens with zero attached hydrogens (tertiary/aromatic N) is 7. The molecule has 0 radical (unpaired) electrons. The van der Waals surface area contributed by atoms with Crippen LogP contribution in [-0.2, 0) is 13.1 Å². The number of hydrogen-bond acceptors (Lipinski definition) is 6. The molecule has 0 atom stereocenters. The SMILES string of the molecule is CC(C)N1Cc2cc(Cl)ccc2-n2c(nnc2C2CCN(c3ncccn3)CC2)C1. The normalized spacial score (nSPS) is 17.7. The van der Waals surface area contributed by atoms with E-state index < -0.39 is 0 Å². The highest BCUT2D eigenvalue weighted by atomic mass is 35.5. The third kappa shape index (κ3) is 3.56. The summed E-state index contributed by atoms with van der Waals surface area (Å²) < 4.78 is 2.29. The van der Waals surface area contributed by atoms with Gasteiger partial charge in [0.25, 0.3) is 0 Å². The lowest BCUT2D eigenvalue weighted by Gasteiger charge is -2.31. The molecule has 2 aromatic heterocycles. The number of hydrogen-bond donors (Lipinski definition) is 0. The van der Waals surface area contributed by atoms with Crippen LogP contribution in [0.3, 0.4) is 0 Å². The van der Waals surface area contributed by atoms with E-state index in [-0.39, 0.29) is 0 Å². The van der Waals surface area contributed by atoms with E-state index in [9.17, 15) is 0 Å². The zero-order valence-electron chi connectivity index (χ0n) is 17.4. The van der Waals surface area contributed by atoms with E-state index in [2.05, 4.69) is 60.5 Å². The first-order valence-electron chi connectivity index (χ1n) is 10.6. The first-order valence-corrected chi connectivity index (χ1v) is 11.0. The largest absolute Gasteiger partial charge is 0.341 e. The molecule has 0 aliphatic carbocycles. The number of piperidine rings is 1. The van der Waals surface area contributed by atoms with Crippen molar-refractivity contribution in [1.29, 1.82) is 0 Å². The Labute approximate surface area is 181 Å². The summed E-state index contributed by atoms with van der Waals surface area (Å²) in [6.07, 6.45) is 5.62. The maximum absolute atomic E-state index is 6.34. The van der Waals surface area contributed by atoms with Crippen molar-refractivity contribution < 1.29 is 0 Å². The summed E-state index contributed by atoms with van der Waals surface area (Å²) in [6.45, 7) is 7.93. The van der Waals surface area contributed by atoms with Crippen LogP contribution < -0.4 is 4.90 Å².